The van der Waals surface area contributed by atoms with E-state index in [9.17, 15) is 0 Å². The van der Waals surface area contributed by atoms with E-state index in [1.807, 2.05) is 0 Å². The van der Waals surface area contributed by atoms with Crippen LogP contribution in [0.5, 0.6) is 0 Å². The van der Waals surface area contributed by atoms with E-state index in [-0.39, 0.29) is 33.8 Å². The van der Waals surface area contributed by atoms with Gasteiger partial charge in [-0.15, -0.1) is 0 Å². The highest BCUT2D eigenvalue weighted by Crippen LogP contribution is 2.54. The van der Waals surface area contributed by atoms with Crippen LogP contribution in [0.4, 0.5) is 51.2 Å². The highest BCUT2D eigenvalue weighted by atomic mass is 15.2. The maximum Gasteiger partial charge on any atom is 0.252 e. The van der Waals surface area contributed by atoms with E-state index in [4.69, 9.17) is 0 Å². The van der Waals surface area contributed by atoms with Crippen molar-refractivity contribution >= 4 is 74.3 Å². The second-order valence-electron chi connectivity index (χ2n) is 25.6. The molecule has 0 radical (unpaired) electrons. The molecule has 4 aliphatic rings. The molecule has 8 aromatic rings. The highest BCUT2D eigenvalue weighted by molar-refractivity contribution is 7.00. The Kier molecular flexibility index (Phi) is 10.8. The van der Waals surface area contributed by atoms with Crippen LogP contribution in [-0.2, 0) is 27.1 Å². The van der Waals surface area contributed by atoms with Crippen molar-refractivity contribution in [3.05, 3.63) is 203 Å². The summed E-state index contributed by atoms with van der Waals surface area (Å²) in [6.07, 6.45) is 4.64. The molecule has 73 heavy (non-hydrogen) atoms. The van der Waals surface area contributed by atoms with Crippen LogP contribution < -0.4 is 31.1 Å². The van der Waals surface area contributed by atoms with Gasteiger partial charge < -0.3 is 14.7 Å². The summed E-state index contributed by atoms with van der Waals surface area (Å²) in [6.45, 7) is 29.1. The van der Waals surface area contributed by atoms with E-state index < -0.39 is 0 Å². The van der Waals surface area contributed by atoms with Gasteiger partial charge in [0.2, 0.25) is 0 Å². The van der Waals surface area contributed by atoms with Crippen LogP contribution in [0.1, 0.15) is 135 Å². The maximum absolute atomic E-state index is 2.71. The number of aryl methyl sites for hydroxylation is 1. The smallest absolute Gasteiger partial charge is 0.252 e. The number of hydrogen-bond donors (Lipinski definition) is 0. The Morgan fingerprint density at radius 1 is 0.411 bits per heavy atom. The zero-order valence-electron chi connectivity index (χ0n) is 45.4. The number of benzene rings is 8. The first-order chi connectivity index (χ1) is 34.7. The third-order valence-electron chi connectivity index (χ3n) is 17.8. The van der Waals surface area contributed by atoms with Crippen molar-refractivity contribution in [1.29, 1.82) is 0 Å². The fourth-order valence-corrected chi connectivity index (χ4v) is 13.2. The quantitative estimate of drug-likeness (QED) is 0.154. The number of hydrogen-bond acceptors (Lipinski definition) is 3. The van der Waals surface area contributed by atoms with E-state index in [2.05, 4.69) is 268 Å². The largest absolute Gasteiger partial charge is 0.311 e. The summed E-state index contributed by atoms with van der Waals surface area (Å²) < 4.78 is 0. The lowest BCUT2D eigenvalue weighted by Crippen LogP contribution is -2.62. The molecule has 0 fully saturated rings. The lowest BCUT2D eigenvalue weighted by molar-refractivity contribution is 0.332. The predicted octanol–water partition coefficient (Wildman–Crippen LogP) is 17.2. The van der Waals surface area contributed by atoms with Crippen LogP contribution in [0.3, 0.4) is 0 Å². The number of fused-ring (bicyclic) bond motifs is 6. The normalized spacial score (nSPS) is 17.5. The Balaban J connectivity index is 1.26. The van der Waals surface area contributed by atoms with Crippen LogP contribution >= 0.6 is 0 Å². The van der Waals surface area contributed by atoms with E-state index >= 15 is 0 Å². The van der Waals surface area contributed by atoms with Gasteiger partial charge in [0.05, 0.1) is 5.69 Å². The number of para-hydroxylation sites is 2. The van der Waals surface area contributed by atoms with E-state index in [1.54, 1.807) is 0 Å². The van der Waals surface area contributed by atoms with Crippen molar-refractivity contribution in [2.45, 2.75) is 136 Å². The fourth-order valence-electron chi connectivity index (χ4n) is 13.2. The number of rotatable bonds is 6. The molecule has 366 valence electrons. The summed E-state index contributed by atoms with van der Waals surface area (Å²) >= 11 is 0. The Morgan fingerprint density at radius 3 is 1.52 bits per heavy atom. The Bertz CT molecular complexity index is 3430. The molecule has 2 heterocycles. The van der Waals surface area contributed by atoms with Crippen molar-refractivity contribution in [2.24, 2.45) is 0 Å². The standard InChI is InChI=1S/C69H72BN3/c1-45-28-30-48(65(2,3)4)39-60(45)73-59-33-29-47(46-22-16-13-17-23-46)38-57(59)70-58-43-55-56(69(11,12)37-36-68(55,9)10)44-61(58)72(51-31-32-53-54(40-51)67(7,8)35-34-66(53,5)6)62-41-52(42-63(73)64(62)70)71(49-24-18-14-19-25-49)50-26-20-15-21-27-50/h13-33,38-44H,34-37H2,1-12H3. The van der Waals surface area contributed by atoms with Gasteiger partial charge in [0, 0.05) is 45.5 Å². The molecule has 0 aromatic heterocycles. The molecule has 0 saturated heterocycles. The van der Waals surface area contributed by atoms with Crippen molar-refractivity contribution in [3.8, 4) is 11.1 Å². The molecule has 0 bridgehead atoms. The molecule has 8 aromatic carbocycles. The third kappa shape index (κ3) is 7.68. The SMILES string of the molecule is Cc1ccc(C(C)(C)C)cc1N1c2ccc(-c3ccccc3)cc2B2c3cc4c(cc3N(c3ccc5c(c3)C(C)(C)CCC5(C)C)c3cc(N(c5ccccc5)c5ccccc5)cc1c32)C(C)(C)CCC4(C)C. The highest BCUT2D eigenvalue weighted by Gasteiger charge is 2.48. The van der Waals surface area contributed by atoms with E-state index in [1.165, 1.54) is 101 Å². The zero-order valence-corrected chi connectivity index (χ0v) is 45.4. The second kappa shape index (κ2) is 16.6. The number of anilines is 9. The first-order valence-corrected chi connectivity index (χ1v) is 27.0. The summed E-state index contributed by atoms with van der Waals surface area (Å²) in [4.78, 5) is 7.83. The van der Waals surface area contributed by atoms with Crippen molar-refractivity contribution in [2.75, 3.05) is 14.7 Å². The zero-order chi connectivity index (χ0) is 51.0. The van der Waals surface area contributed by atoms with Gasteiger partial charge in [-0.25, -0.2) is 0 Å². The van der Waals surface area contributed by atoms with Gasteiger partial charge in [-0.3, -0.25) is 0 Å². The van der Waals surface area contributed by atoms with Gasteiger partial charge in [0.15, 0.2) is 0 Å². The molecule has 0 atom stereocenters. The van der Waals surface area contributed by atoms with Crippen LogP contribution in [-0.4, -0.2) is 6.71 Å². The van der Waals surface area contributed by atoms with Gasteiger partial charge in [0.1, 0.15) is 0 Å². The predicted molar refractivity (Wildman–Crippen MR) is 315 cm³/mol. The van der Waals surface area contributed by atoms with Gasteiger partial charge in [0.25, 0.3) is 6.71 Å². The lowest BCUT2D eigenvalue weighted by atomic mass is 9.33. The minimum Gasteiger partial charge on any atom is -0.311 e. The minimum atomic E-state index is -0.0519. The summed E-state index contributed by atoms with van der Waals surface area (Å²) in [5, 5.41) is 0. The summed E-state index contributed by atoms with van der Waals surface area (Å²) in [7, 11) is 0. The van der Waals surface area contributed by atoms with Crippen LogP contribution in [0, 0.1) is 6.92 Å². The van der Waals surface area contributed by atoms with Crippen LogP contribution in [0.25, 0.3) is 11.1 Å². The topological polar surface area (TPSA) is 9.72 Å². The van der Waals surface area contributed by atoms with E-state index in [0.717, 1.165) is 36.3 Å². The molecule has 0 amide bonds. The first kappa shape index (κ1) is 47.2. The molecule has 2 aliphatic carbocycles. The van der Waals surface area contributed by atoms with Gasteiger partial charge in [-0.2, -0.15) is 0 Å². The van der Waals surface area contributed by atoms with Crippen LogP contribution in [0.15, 0.2) is 170 Å². The average Bonchev–Trinajstić information content (AvgIpc) is 3.37. The van der Waals surface area contributed by atoms with Crippen molar-refractivity contribution in [1.82, 2.24) is 0 Å². The second-order valence-corrected chi connectivity index (χ2v) is 25.6. The average molecular weight is 954 g/mol. The van der Waals surface area contributed by atoms with Crippen molar-refractivity contribution < 1.29 is 0 Å². The molecule has 4 heteroatoms. The molecule has 0 spiro atoms. The van der Waals surface area contributed by atoms with Gasteiger partial charge >= 0.3 is 0 Å². The Morgan fingerprint density at radius 2 is 0.932 bits per heavy atom. The molecule has 0 N–H and O–H groups in total. The first-order valence-electron chi connectivity index (χ1n) is 27.0. The molecule has 0 saturated carbocycles. The van der Waals surface area contributed by atoms with Gasteiger partial charge in [-0.05, 0) is 187 Å². The monoisotopic (exact) mass is 954 g/mol. The molecular formula is C69H72BN3. The Hall–Kier alpha value is -6.78. The molecule has 0 unspecified atom stereocenters. The fraction of sp³-hybridized carbons (Fsp3) is 0.304. The Labute approximate surface area is 437 Å². The van der Waals surface area contributed by atoms with Gasteiger partial charge in [-0.1, -0.05) is 179 Å². The molecule has 3 nitrogen and oxygen atoms in total. The summed E-state index contributed by atoms with van der Waals surface area (Å²) in [6, 6.07) is 65.5. The molecule has 12 rings (SSSR count). The van der Waals surface area contributed by atoms with Crippen LogP contribution in [0.2, 0.25) is 0 Å². The third-order valence-corrected chi connectivity index (χ3v) is 17.8. The van der Waals surface area contributed by atoms with Crippen molar-refractivity contribution in [3.63, 3.8) is 0 Å². The maximum atomic E-state index is 2.71. The summed E-state index contributed by atoms with van der Waals surface area (Å²) in [5.41, 5.74) is 25.9. The number of nitrogens with zero attached hydrogens (tertiary/aromatic N) is 3. The summed E-state index contributed by atoms with van der Waals surface area (Å²) in [5.74, 6) is 0. The van der Waals surface area contributed by atoms with E-state index in [0.29, 0.717) is 0 Å². The minimum absolute atomic E-state index is 0.00940. The molecule has 2 aliphatic heterocycles. The molecular weight excluding hydrogens is 882 g/mol. The lowest BCUT2D eigenvalue weighted by Gasteiger charge is -2.48.